The molecule has 0 amide bonds. The molecule has 1 aromatic carbocycles. The van der Waals surface area contributed by atoms with Crippen molar-refractivity contribution in [2.24, 2.45) is 0 Å². The van der Waals surface area contributed by atoms with Crippen LogP contribution in [-0.4, -0.2) is 31.1 Å². The van der Waals surface area contributed by atoms with Crippen LogP contribution in [0.15, 0.2) is 24.3 Å². The van der Waals surface area contributed by atoms with E-state index in [0.717, 1.165) is 30.6 Å². The molecule has 0 spiro atoms. The fourth-order valence-electron chi connectivity index (χ4n) is 3.14. The van der Waals surface area contributed by atoms with Crippen LogP contribution in [0.2, 0.25) is 5.02 Å². The molecule has 20 heavy (non-hydrogen) atoms. The lowest BCUT2D eigenvalue weighted by atomic mass is 10.0. The third-order valence-electron chi connectivity index (χ3n) is 4.48. The summed E-state index contributed by atoms with van der Waals surface area (Å²) in [7, 11) is 2.26. The first-order chi connectivity index (χ1) is 9.70. The highest BCUT2D eigenvalue weighted by atomic mass is 35.5. The maximum atomic E-state index is 5.95. The van der Waals surface area contributed by atoms with Crippen LogP contribution in [0.3, 0.4) is 0 Å². The van der Waals surface area contributed by atoms with Crippen LogP contribution in [0.5, 0.6) is 0 Å². The Labute approximate surface area is 128 Å². The maximum Gasteiger partial charge on any atom is 0.0406 e. The summed E-state index contributed by atoms with van der Waals surface area (Å²) in [4.78, 5) is 2.52. The van der Waals surface area contributed by atoms with Gasteiger partial charge in [0.25, 0.3) is 0 Å². The highest BCUT2D eigenvalue weighted by Gasteiger charge is 2.19. The number of halogens is 1. The van der Waals surface area contributed by atoms with Crippen molar-refractivity contribution in [3.8, 4) is 0 Å². The Kier molecular flexibility index (Phi) is 6.34. The highest BCUT2D eigenvalue weighted by Crippen LogP contribution is 2.22. The summed E-state index contributed by atoms with van der Waals surface area (Å²) in [5, 5.41) is 4.48. The van der Waals surface area contributed by atoms with E-state index in [1.807, 2.05) is 12.1 Å². The highest BCUT2D eigenvalue weighted by molar-refractivity contribution is 6.30. The predicted molar refractivity (Wildman–Crippen MR) is 87.4 cm³/mol. The van der Waals surface area contributed by atoms with Crippen molar-refractivity contribution >= 4 is 11.6 Å². The molecule has 1 saturated carbocycles. The number of benzene rings is 1. The van der Waals surface area contributed by atoms with Crippen LogP contribution >= 0.6 is 11.6 Å². The van der Waals surface area contributed by atoms with E-state index in [9.17, 15) is 0 Å². The van der Waals surface area contributed by atoms with Gasteiger partial charge in [-0.1, -0.05) is 43.5 Å². The summed E-state index contributed by atoms with van der Waals surface area (Å²) >= 11 is 5.95. The van der Waals surface area contributed by atoms with Gasteiger partial charge in [0.15, 0.2) is 0 Å². The Balaban J connectivity index is 1.77. The van der Waals surface area contributed by atoms with Crippen LogP contribution in [0.4, 0.5) is 0 Å². The van der Waals surface area contributed by atoms with E-state index in [2.05, 4.69) is 36.3 Å². The van der Waals surface area contributed by atoms with Crippen molar-refractivity contribution < 1.29 is 0 Å². The number of hydrogen-bond donors (Lipinski definition) is 1. The average molecular weight is 295 g/mol. The van der Waals surface area contributed by atoms with Gasteiger partial charge in [0.05, 0.1) is 0 Å². The van der Waals surface area contributed by atoms with Gasteiger partial charge in [-0.2, -0.15) is 0 Å². The molecule has 0 radical (unpaired) electrons. The minimum absolute atomic E-state index is 0.434. The Bertz CT molecular complexity index is 384. The van der Waals surface area contributed by atoms with E-state index in [-0.39, 0.29) is 0 Å². The van der Waals surface area contributed by atoms with Gasteiger partial charge in [0, 0.05) is 30.2 Å². The fraction of sp³-hybridized carbons (Fsp3) is 0.647. The maximum absolute atomic E-state index is 5.95. The molecule has 3 heteroatoms. The molecule has 1 N–H and O–H groups in total. The summed E-state index contributed by atoms with van der Waals surface area (Å²) in [6, 6.07) is 9.46. The van der Waals surface area contributed by atoms with Crippen molar-refractivity contribution in [1.29, 1.82) is 0 Å². The van der Waals surface area contributed by atoms with Crippen molar-refractivity contribution in [3.63, 3.8) is 0 Å². The van der Waals surface area contributed by atoms with Gasteiger partial charge < -0.3 is 10.2 Å². The van der Waals surface area contributed by atoms with E-state index >= 15 is 0 Å². The van der Waals surface area contributed by atoms with Crippen molar-refractivity contribution in [2.45, 2.75) is 51.1 Å². The second-order valence-electron chi connectivity index (χ2n) is 5.89. The minimum atomic E-state index is 0.434. The topological polar surface area (TPSA) is 15.3 Å². The predicted octanol–water partition coefficient (Wildman–Crippen LogP) is 4.26. The Hall–Kier alpha value is -0.570. The molecule has 2 nitrogen and oxygen atoms in total. The molecule has 0 heterocycles. The van der Waals surface area contributed by atoms with Crippen LogP contribution < -0.4 is 5.32 Å². The number of nitrogens with one attached hydrogen (secondary N) is 1. The zero-order chi connectivity index (χ0) is 14.4. The molecule has 2 rings (SSSR count). The lowest BCUT2D eigenvalue weighted by molar-refractivity contribution is 0.242. The summed E-state index contributed by atoms with van der Waals surface area (Å²) in [6.45, 7) is 4.41. The molecule has 0 aliphatic heterocycles. The zero-order valence-corrected chi connectivity index (χ0v) is 13.5. The Morgan fingerprint density at radius 3 is 2.50 bits per heavy atom. The summed E-state index contributed by atoms with van der Waals surface area (Å²) in [6.07, 6.45) is 6.68. The summed E-state index contributed by atoms with van der Waals surface area (Å²) in [5.41, 5.74) is 1.33. The fourth-order valence-corrected chi connectivity index (χ4v) is 3.26. The molecule has 1 aliphatic rings. The lowest BCUT2D eigenvalue weighted by Gasteiger charge is -2.25. The number of likely N-dealkylation sites (N-methyl/N-ethyl adjacent to an activating group) is 1. The van der Waals surface area contributed by atoms with Crippen molar-refractivity contribution in [2.75, 3.05) is 20.1 Å². The van der Waals surface area contributed by atoms with E-state index < -0.39 is 0 Å². The number of hydrogen-bond acceptors (Lipinski definition) is 2. The molecule has 0 bridgehead atoms. The molecular weight excluding hydrogens is 268 g/mol. The first kappa shape index (κ1) is 15.8. The largest absolute Gasteiger partial charge is 0.309 e. The molecule has 0 aromatic heterocycles. The second-order valence-corrected chi connectivity index (χ2v) is 6.32. The molecule has 1 unspecified atom stereocenters. The second kappa shape index (κ2) is 8.02. The monoisotopic (exact) mass is 294 g/mol. The molecule has 1 atom stereocenters. The molecule has 1 fully saturated rings. The Morgan fingerprint density at radius 2 is 1.90 bits per heavy atom. The first-order valence-electron chi connectivity index (χ1n) is 7.89. The third-order valence-corrected chi connectivity index (χ3v) is 4.74. The van der Waals surface area contributed by atoms with Crippen LogP contribution in [0.1, 0.15) is 50.6 Å². The van der Waals surface area contributed by atoms with Gasteiger partial charge in [-0.15, -0.1) is 0 Å². The third kappa shape index (κ3) is 4.47. The van der Waals surface area contributed by atoms with Crippen LogP contribution in [0.25, 0.3) is 0 Å². The quantitative estimate of drug-likeness (QED) is 0.808. The first-order valence-corrected chi connectivity index (χ1v) is 8.27. The summed E-state index contributed by atoms with van der Waals surface area (Å²) in [5.74, 6) is 0. The van der Waals surface area contributed by atoms with Gasteiger partial charge in [-0.3, -0.25) is 0 Å². The Morgan fingerprint density at radius 1 is 1.25 bits per heavy atom. The molecule has 1 aromatic rings. The zero-order valence-electron chi connectivity index (χ0n) is 12.7. The SMILES string of the molecule is CCC(NCCN(C)C1CCCC1)c1ccc(Cl)cc1. The standard InChI is InChI=1S/C17H27ClN2/c1-3-17(14-8-10-15(18)11-9-14)19-12-13-20(2)16-6-4-5-7-16/h8-11,16-17,19H,3-7,12-13H2,1-2H3. The summed E-state index contributed by atoms with van der Waals surface area (Å²) < 4.78 is 0. The van der Waals surface area contributed by atoms with E-state index in [1.54, 1.807) is 0 Å². The minimum Gasteiger partial charge on any atom is -0.309 e. The van der Waals surface area contributed by atoms with E-state index in [4.69, 9.17) is 11.6 Å². The van der Waals surface area contributed by atoms with E-state index in [0.29, 0.717) is 6.04 Å². The van der Waals surface area contributed by atoms with Gasteiger partial charge in [-0.25, -0.2) is 0 Å². The van der Waals surface area contributed by atoms with Crippen LogP contribution in [-0.2, 0) is 0 Å². The van der Waals surface area contributed by atoms with Gasteiger partial charge in [-0.05, 0) is 44.0 Å². The number of nitrogens with zero attached hydrogens (tertiary/aromatic N) is 1. The molecule has 112 valence electrons. The van der Waals surface area contributed by atoms with Crippen LogP contribution in [0, 0.1) is 0 Å². The van der Waals surface area contributed by atoms with Crippen molar-refractivity contribution in [3.05, 3.63) is 34.9 Å². The van der Waals surface area contributed by atoms with Crippen molar-refractivity contribution in [1.82, 2.24) is 10.2 Å². The van der Waals surface area contributed by atoms with Gasteiger partial charge in [0.1, 0.15) is 0 Å². The molecule has 1 aliphatic carbocycles. The lowest BCUT2D eigenvalue weighted by Crippen LogP contribution is -2.36. The average Bonchev–Trinajstić information content (AvgIpc) is 2.99. The van der Waals surface area contributed by atoms with Gasteiger partial charge in [0.2, 0.25) is 0 Å². The molecular formula is C17H27ClN2. The van der Waals surface area contributed by atoms with Gasteiger partial charge >= 0.3 is 0 Å². The number of rotatable bonds is 7. The van der Waals surface area contributed by atoms with E-state index in [1.165, 1.54) is 31.2 Å². The molecule has 0 saturated heterocycles. The smallest absolute Gasteiger partial charge is 0.0406 e. The normalized spacial score (nSPS) is 17.8.